The predicted octanol–water partition coefficient (Wildman–Crippen LogP) is 3.75. The van der Waals surface area contributed by atoms with Crippen LogP contribution in [0.2, 0.25) is 5.02 Å². The van der Waals surface area contributed by atoms with Gasteiger partial charge in [0.05, 0.1) is 0 Å². The Labute approximate surface area is 99.2 Å². The summed E-state index contributed by atoms with van der Waals surface area (Å²) in [5.41, 5.74) is 3.12. The van der Waals surface area contributed by atoms with Crippen LogP contribution in [0.3, 0.4) is 0 Å². The molecule has 0 aliphatic heterocycles. The Morgan fingerprint density at radius 1 is 1.43 bits per heavy atom. The highest BCUT2D eigenvalue weighted by Crippen LogP contribution is 2.27. The van der Waals surface area contributed by atoms with E-state index in [1.54, 1.807) is 0 Å². The average molecular weight is 290 g/mol. The van der Waals surface area contributed by atoms with E-state index in [0.29, 0.717) is 0 Å². The van der Waals surface area contributed by atoms with Crippen LogP contribution in [0.5, 0.6) is 0 Å². The maximum atomic E-state index is 5.90. The highest BCUT2D eigenvalue weighted by Gasteiger charge is 2.07. The summed E-state index contributed by atoms with van der Waals surface area (Å²) in [6.07, 6.45) is 0. The molecule has 5 heteroatoms. The minimum Gasteiger partial charge on any atom is -0.138 e. The second-order valence-corrected chi connectivity index (χ2v) is 4.33. The van der Waals surface area contributed by atoms with Crippen LogP contribution in [-0.2, 0) is 5.33 Å². The third-order valence-corrected chi connectivity index (χ3v) is 3.19. The summed E-state index contributed by atoms with van der Waals surface area (Å²) >= 11 is 10.7. The van der Waals surface area contributed by atoms with E-state index in [1.165, 1.54) is 11.5 Å². The van der Waals surface area contributed by atoms with Crippen molar-refractivity contribution in [3.05, 3.63) is 34.2 Å². The Kier molecular flexibility index (Phi) is 3.15. The number of hydrogen-bond acceptors (Lipinski definition) is 3. The molecule has 2 nitrogen and oxygen atoms in total. The van der Waals surface area contributed by atoms with Crippen LogP contribution < -0.4 is 0 Å². The molecule has 0 spiro atoms. The summed E-state index contributed by atoms with van der Waals surface area (Å²) in [5, 5.41) is 7.46. The first-order valence-corrected chi connectivity index (χ1v) is 6.26. The van der Waals surface area contributed by atoms with Gasteiger partial charge in [-0.1, -0.05) is 38.1 Å². The summed E-state index contributed by atoms with van der Waals surface area (Å²) in [6.45, 7) is 0. The van der Waals surface area contributed by atoms with Crippen LogP contribution >= 0.6 is 39.1 Å². The zero-order chi connectivity index (χ0) is 9.97. The highest BCUT2D eigenvalue weighted by atomic mass is 79.9. The van der Waals surface area contributed by atoms with E-state index in [-0.39, 0.29) is 0 Å². The van der Waals surface area contributed by atoms with Crippen molar-refractivity contribution in [1.29, 1.82) is 0 Å². The third-order valence-electron chi connectivity index (χ3n) is 1.85. The van der Waals surface area contributed by atoms with E-state index < -0.39 is 0 Å². The largest absolute Gasteiger partial charge is 0.138 e. The van der Waals surface area contributed by atoms with Crippen LogP contribution in [0.4, 0.5) is 0 Å². The van der Waals surface area contributed by atoms with E-state index in [0.717, 1.165) is 27.2 Å². The van der Waals surface area contributed by atoms with Crippen molar-refractivity contribution in [3.8, 4) is 11.3 Å². The van der Waals surface area contributed by atoms with Crippen molar-refractivity contribution >= 4 is 39.1 Å². The third kappa shape index (κ3) is 1.97. The van der Waals surface area contributed by atoms with Gasteiger partial charge in [-0.15, -0.1) is 5.10 Å². The Morgan fingerprint density at radius 3 is 2.93 bits per heavy atom. The molecule has 0 saturated heterocycles. The first-order chi connectivity index (χ1) is 6.81. The highest BCUT2D eigenvalue weighted by molar-refractivity contribution is 9.08. The topological polar surface area (TPSA) is 25.8 Å². The molecule has 0 bridgehead atoms. The molecule has 2 rings (SSSR count). The average Bonchev–Trinajstić information content (AvgIpc) is 2.70. The molecule has 0 atom stereocenters. The van der Waals surface area contributed by atoms with Crippen LogP contribution in [0.1, 0.15) is 5.56 Å². The van der Waals surface area contributed by atoms with Gasteiger partial charge < -0.3 is 0 Å². The van der Waals surface area contributed by atoms with E-state index in [4.69, 9.17) is 11.6 Å². The maximum absolute atomic E-state index is 5.90. The molecule has 2 aromatic rings. The van der Waals surface area contributed by atoms with Crippen molar-refractivity contribution in [2.45, 2.75) is 5.33 Å². The molecule has 0 amide bonds. The summed E-state index contributed by atoms with van der Waals surface area (Å²) in [6, 6.07) is 5.77. The Bertz CT molecular complexity index is 430. The fourth-order valence-corrected chi connectivity index (χ4v) is 2.32. The van der Waals surface area contributed by atoms with Crippen LogP contribution in [-0.4, -0.2) is 9.59 Å². The van der Waals surface area contributed by atoms with Gasteiger partial charge in [-0.2, -0.15) is 0 Å². The first-order valence-electron chi connectivity index (χ1n) is 3.93. The fraction of sp³-hybridized carbons (Fsp3) is 0.111. The number of hydrogen-bond donors (Lipinski definition) is 0. The second-order valence-electron chi connectivity index (χ2n) is 2.73. The lowest BCUT2D eigenvalue weighted by Gasteiger charge is -2.03. The van der Waals surface area contributed by atoms with E-state index in [1.807, 2.05) is 23.6 Å². The van der Waals surface area contributed by atoms with Crippen molar-refractivity contribution in [1.82, 2.24) is 9.59 Å². The minimum atomic E-state index is 0.742. The minimum absolute atomic E-state index is 0.742. The summed E-state index contributed by atoms with van der Waals surface area (Å²) < 4.78 is 3.84. The molecule has 0 aliphatic carbocycles. The molecule has 1 heterocycles. The maximum Gasteiger partial charge on any atom is 0.106 e. The molecule has 0 radical (unpaired) electrons. The summed E-state index contributed by atoms with van der Waals surface area (Å²) in [5.74, 6) is 0. The molecule has 1 aromatic heterocycles. The Balaban J connectivity index is 2.53. The van der Waals surface area contributed by atoms with Crippen molar-refractivity contribution in [2.24, 2.45) is 0 Å². The second kappa shape index (κ2) is 4.38. The quantitative estimate of drug-likeness (QED) is 0.787. The molecule has 0 N–H and O–H groups in total. The van der Waals surface area contributed by atoms with E-state index in [2.05, 4.69) is 25.5 Å². The van der Waals surface area contributed by atoms with Crippen LogP contribution in [0, 0.1) is 0 Å². The van der Waals surface area contributed by atoms with Crippen molar-refractivity contribution in [3.63, 3.8) is 0 Å². The molecule has 1 aromatic carbocycles. The number of halogens is 2. The summed E-state index contributed by atoms with van der Waals surface area (Å²) in [7, 11) is 0. The molecule has 14 heavy (non-hydrogen) atoms. The lowest BCUT2D eigenvalue weighted by Crippen LogP contribution is -1.86. The molecule has 0 aliphatic rings. The SMILES string of the molecule is Clc1ccc(-c2csnn2)c(CBr)c1. The molecule has 0 fully saturated rings. The molecule has 72 valence electrons. The Morgan fingerprint density at radius 2 is 2.29 bits per heavy atom. The van der Waals surface area contributed by atoms with Gasteiger partial charge in [0, 0.05) is 21.3 Å². The van der Waals surface area contributed by atoms with Gasteiger partial charge in [0.2, 0.25) is 0 Å². The van der Waals surface area contributed by atoms with Gasteiger partial charge in [-0.25, -0.2) is 0 Å². The van der Waals surface area contributed by atoms with Gasteiger partial charge in [0.15, 0.2) is 0 Å². The van der Waals surface area contributed by atoms with Gasteiger partial charge in [-0.3, -0.25) is 0 Å². The molecular weight excluding hydrogens is 284 g/mol. The lowest BCUT2D eigenvalue weighted by molar-refractivity contribution is 1.16. The number of alkyl halides is 1. The first kappa shape index (κ1) is 10.1. The monoisotopic (exact) mass is 288 g/mol. The van der Waals surface area contributed by atoms with E-state index >= 15 is 0 Å². The fourth-order valence-electron chi connectivity index (χ4n) is 1.20. The van der Waals surface area contributed by atoms with Crippen LogP contribution in [0.25, 0.3) is 11.3 Å². The number of aromatic nitrogens is 2. The molecule has 0 unspecified atom stereocenters. The van der Waals surface area contributed by atoms with E-state index in [9.17, 15) is 0 Å². The standard InChI is InChI=1S/C9H6BrClN2S/c10-4-6-3-7(11)1-2-8(6)9-5-14-13-12-9/h1-3,5H,4H2. The van der Waals surface area contributed by atoms with Crippen LogP contribution in [0.15, 0.2) is 23.6 Å². The number of benzene rings is 1. The number of rotatable bonds is 2. The lowest BCUT2D eigenvalue weighted by atomic mass is 10.1. The molecule has 0 saturated carbocycles. The van der Waals surface area contributed by atoms with Gasteiger partial charge in [-0.05, 0) is 29.2 Å². The zero-order valence-corrected chi connectivity index (χ0v) is 10.2. The molecular formula is C9H6BrClN2S. The van der Waals surface area contributed by atoms with Gasteiger partial charge in [0.1, 0.15) is 5.69 Å². The smallest absolute Gasteiger partial charge is 0.106 e. The van der Waals surface area contributed by atoms with Crippen molar-refractivity contribution < 1.29 is 0 Å². The van der Waals surface area contributed by atoms with Gasteiger partial charge in [0.25, 0.3) is 0 Å². The number of nitrogens with zero attached hydrogens (tertiary/aromatic N) is 2. The van der Waals surface area contributed by atoms with Crippen molar-refractivity contribution in [2.75, 3.05) is 0 Å². The zero-order valence-electron chi connectivity index (χ0n) is 7.08. The predicted molar refractivity (Wildman–Crippen MR) is 63.0 cm³/mol. The summed E-state index contributed by atoms with van der Waals surface area (Å²) in [4.78, 5) is 0. The normalized spacial score (nSPS) is 10.4. The Hall–Kier alpha value is -0.450. The van der Waals surface area contributed by atoms with Gasteiger partial charge >= 0.3 is 0 Å².